The van der Waals surface area contributed by atoms with E-state index in [9.17, 15) is 10.1 Å². The number of benzene rings is 4. The third-order valence-corrected chi connectivity index (χ3v) is 11.5. The van der Waals surface area contributed by atoms with Crippen molar-refractivity contribution in [1.82, 2.24) is 4.57 Å². The van der Waals surface area contributed by atoms with Crippen molar-refractivity contribution in [3.8, 4) is 0 Å². The highest BCUT2D eigenvalue weighted by Crippen LogP contribution is 2.55. The molecule has 1 heterocycles. The summed E-state index contributed by atoms with van der Waals surface area (Å²) in [6.07, 6.45) is 6.50. The number of nitro groups is 1. The molecule has 0 aliphatic carbocycles. The smallest absolute Gasteiger partial charge is 0.270 e. The molecule has 1 aromatic heterocycles. The number of hydrogen-bond acceptors (Lipinski definition) is 2. The Morgan fingerprint density at radius 1 is 0.667 bits per heavy atom. The fourth-order valence-corrected chi connectivity index (χ4v) is 9.60. The van der Waals surface area contributed by atoms with Gasteiger partial charge in [-0.1, -0.05) is 54.6 Å². The molecule has 0 unspecified atom stereocenters. The molecule has 4 aromatic carbocycles. The van der Waals surface area contributed by atoms with Crippen molar-refractivity contribution in [3.63, 3.8) is 0 Å². The first-order valence-electron chi connectivity index (χ1n) is 12.5. The zero-order valence-electron chi connectivity index (χ0n) is 20.2. The van der Waals surface area contributed by atoms with Crippen molar-refractivity contribution < 1.29 is 4.92 Å². The lowest BCUT2D eigenvalue weighted by atomic mass is 10.2. The molecule has 0 N–H and O–H groups in total. The molecule has 0 atom stereocenters. The molecule has 4 nitrogen and oxygen atoms in total. The SMILES string of the molecule is O=[N+]([O-])c1ccc2c(ccn2CCCCC[P+](c2ccccc2)(c2ccccc2)c2ccccc2)c1. The average Bonchev–Trinajstić information content (AvgIpc) is 3.34. The first-order valence-corrected chi connectivity index (χ1v) is 14.4. The molecule has 0 aliphatic rings. The lowest BCUT2D eigenvalue weighted by Gasteiger charge is -2.27. The normalized spacial score (nSPS) is 11.6. The molecule has 5 aromatic rings. The highest BCUT2D eigenvalue weighted by molar-refractivity contribution is 7.95. The Bertz CT molecular complexity index is 1340. The minimum atomic E-state index is -1.78. The quantitative estimate of drug-likeness (QED) is 0.0939. The van der Waals surface area contributed by atoms with Crippen LogP contribution in [-0.2, 0) is 6.54 Å². The molecule has 36 heavy (non-hydrogen) atoms. The van der Waals surface area contributed by atoms with Gasteiger partial charge in [0.25, 0.3) is 5.69 Å². The molecule has 0 amide bonds. The topological polar surface area (TPSA) is 48.1 Å². The number of nitrogens with zero attached hydrogens (tertiary/aromatic N) is 2. The molecule has 0 bridgehead atoms. The van der Waals surface area contributed by atoms with E-state index in [0.717, 1.165) is 42.9 Å². The number of non-ortho nitro benzene ring substituents is 1. The number of aryl methyl sites for hydroxylation is 1. The van der Waals surface area contributed by atoms with Gasteiger partial charge in [-0.2, -0.15) is 0 Å². The summed E-state index contributed by atoms with van der Waals surface area (Å²) in [5, 5.41) is 16.3. The van der Waals surface area contributed by atoms with E-state index in [2.05, 4.69) is 95.6 Å². The number of hydrogen-bond donors (Lipinski definition) is 0. The molecule has 5 rings (SSSR count). The number of aromatic nitrogens is 1. The van der Waals surface area contributed by atoms with Crippen LogP contribution in [0.1, 0.15) is 19.3 Å². The van der Waals surface area contributed by atoms with Gasteiger partial charge < -0.3 is 4.57 Å². The van der Waals surface area contributed by atoms with Gasteiger partial charge in [0.15, 0.2) is 0 Å². The predicted molar refractivity (Wildman–Crippen MR) is 152 cm³/mol. The van der Waals surface area contributed by atoms with Gasteiger partial charge in [-0.3, -0.25) is 10.1 Å². The van der Waals surface area contributed by atoms with Gasteiger partial charge in [-0.05, 0) is 67.8 Å². The van der Waals surface area contributed by atoms with Crippen LogP contribution in [0.3, 0.4) is 0 Å². The first kappa shape index (κ1) is 24.0. The molecule has 5 heteroatoms. The van der Waals surface area contributed by atoms with Crippen molar-refractivity contribution in [2.45, 2.75) is 25.8 Å². The lowest BCUT2D eigenvalue weighted by Crippen LogP contribution is -2.33. The summed E-state index contributed by atoms with van der Waals surface area (Å²) in [7, 11) is -1.78. The van der Waals surface area contributed by atoms with E-state index in [1.165, 1.54) is 15.9 Å². The third kappa shape index (κ3) is 4.82. The predicted octanol–water partition coefficient (Wildman–Crippen LogP) is 6.71. The van der Waals surface area contributed by atoms with E-state index in [1.807, 2.05) is 18.3 Å². The highest BCUT2D eigenvalue weighted by atomic mass is 31.2. The Hall–Kier alpha value is -3.75. The minimum Gasteiger partial charge on any atom is -0.347 e. The zero-order valence-corrected chi connectivity index (χ0v) is 21.1. The Balaban J connectivity index is 1.35. The zero-order chi connectivity index (χ0) is 24.8. The van der Waals surface area contributed by atoms with Gasteiger partial charge in [0.2, 0.25) is 0 Å². The van der Waals surface area contributed by atoms with Gasteiger partial charge >= 0.3 is 0 Å². The van der Waals surface area contributed by atoms with Crippen LogP contribution >= 0.6 is 7.26 Å². The summed E-state index contributed by atoms with van der Waals surface area (Å²) in [6.45, 7) is 0.911. The molecule has 0 spiro atoms. The van der Waals surface area contributed by atoms with Crippen molar-refractivity contribution in [2.24, 2.45) is 0 Å². The summed E-state index contributed by atoms with van der Waals surface area (Å²) < 4.78 is 2.22. The lowest BCUT2D eigenvalue weighted by molar-refractivity contribution is -0.384. The van der Waals surface area contributed by atoms with Crippen molar-refractivity contribution in [2.75, 3.05) is 6.16 Å². The first-order chi connectivity index (χ1) is 17.7. The van der Waals surface area contributed by atoms with E-state index < -0.39 is 7.26 Å². The molecular weight excluding hydrogens is 463 g/mol. The van der Waals surface area contributed by atoms with Crippen LogP contribution in [0.4, 0.5) is 5.69 Å². The van der Waals surface area contributed by atoms with Crippen LogP contribution in [0, 0.1) is 10.1 Å². The Morgan fingerprint density at radius 3 is 1.75 bits per heavy atom. The number of rotatable bonds is 10. The van der Waals surface area contributed by atoms with Gasteiger partial charge in [-0.25, -0.2) is 0 Å². The number of fused-ring (bicyclic) bond motifs is 1. The Kier molecular flexibility index (Phi) is 7.25. The Labute approximate surface area is 212 Å². The summed E-state index contributed by atoms with van der Waals surface area (Å²) in [6, 6.07) is 40.2. The fraction of sp³-hybridized carbons (Fsp3) is 0.161. The van der Waals surface area contributed by atoms with Crippen molar-refractivity contribution in [1.29, 1.82) is 0 Å². The van der Waals surface area contributed by atoms with Crippen LogP contribution in [0.25, 0.3) is 10.9 Å². The van der Waals surface area contributed by atoms with E-state index in [0.29, 0.717) is 0 Å². The van der Waals surface area contributed by atoms with Crippen molar-refractivity contribution in [3.05, 3.63) is 132 Å². The summed E-state index contributed by atoms with van der Waals surface area (Å²) in [5.74, 6) is 0. The van der Waals surface area contributed by atoms with E-state index in [1.54, 1.807) is 12.1 Å². The number of nitro benzene ring substituents is 1. The maximum absolute atomic E-state index is 11.1. The van der Waals surface area contributed by atoms with Gasteiger partial charge in [0.1, 0.15) is 23.2 Å². The molecule has 0 saturated carbocycles. The van der Waals surface area contributed by atoms with Gasteiger partial charge in [-0.15, -0.1) is 0 Å². The van der Waals surface area contributed by atoms with E-state index in [4.69, 9.17) is 0 Å². The van der Waals surface area contributed by atoms with E-state index in [-0.39, 0.29) is 10.6 Å². The van der Waals surface area contributed by atoms with Crippen LogP contribution in [0.2, 0.25) is 0 Å². The summed E-state index contributed by atoms with van der Waals surface area (Å²) in [5.41, 5.74) is 1.20. The Morgan fingerprint density at radius 2 is 1.22 bits per heavy atom. The highest BCUT2D eigenvalue weighted by Gasteiger charge is 2.44. The molecule has 0 radical (unpaired) electrons. The molecule has 0 saturated heterocycles. The molecule has 180 valence electrons. The molecule has 0 aliphatic heterocycles. The van der Waals surface area contributed by atoms with Crippen LogP contribution in [-0.4, -0.2) is 15.7 Å². The molecule has 0 fully saturated rings. The largest absolute Gasteiger partial charge is 0.347 e. The summed E-state index contributed by atoms with van der Waals surface area (Å²) in [4.78, 5) is 10.8. The van der Waals surface area contributed by atoms with E-state index >= 15 is 0 Å². The number of unbranched alkanes of at least 4 members (excludes halogenated alkanes) is 2. The maximum atomic E-state index is 11.1. The fourth-order valence-electron chi connectivity index (χ4n) is 5.19. The summed E-state index contributed by atoms with van der Waals surface area (Å²) >= 11 is 0. The maximum Gasteiger partial charge on any atom is 0.270 e. The second-order valence-corrected chi connectivity index (χ2v) is 12.7. The monoisotopic (exact) mass is 493 g/mol. The van der Waals surface area contributed by atoms with Gasteiger partial charge in [0, 0.05) is 35.8 Å². The van der Waals surface area contributed by atoms with Crippen LogP contribution < -0.4 is 15.9 Å². The third-order valence-electron chi connectivity index (χ3n) is 6.95. The second-order valence-electron chi connectivity index (χ2n) is 9.11. The second kappa shape index (κ2) is 10.9. The average molecular weight is 494 g/mol. The molecular formula is C31H30N2O2P+. The standard InChI is InChI=1S/C31H30N2O2P/c34-33(35)27-19-20-31-26(25-27)21-23-32(31)22-11-4-12-24-36(28-13-5-1-6-14-28,29-15-7-2-8-16-29)30-17-9-3-10-18-30/h1-3,5-10,13-21,23,25H,4,11-12,22,24H2/q+1. The van der Waals surface area contributed by atoms with Crippen LogP contribution in [0.5, 0.6) is 0 Å². The van der Waals surface area contributed by atoms with Crippen LogP contribution in [0.15, 0.2) is 121 Å². The van der Waals surface area contributed by atoms with Gasteiger partial charge in [0.05, 0.1) is 11.1 Å². The minimum absolute atomic E-state index is 0.142. The van der Waals surface area contributed by atoms with Crippen molar-refractivity contribution >= 4 is 39.8 Å².